The van der Waals surface area contributed by atoms with Crippen LogP contribution in [-0.4, -0.2) is 11.1 Å². The molecule has 96 valence electrons. The molecule has 1 N–H and O–H groups in total. The lowest BCUT2D eigenvalue weighted by Crippen LogP contribution is -2.37. The van der Waals surface area contributed by atoms with E-state index in [1.807, 2.05) is 31.2 Å². The monoisotopic (exact) mass is 244 g/mol. The first-order valence-corrected chi connectivity index (χ1v) is 6.52. The Kier molecular flexibility index (Phi) is 3.29. The lowest BCUT2D eigenvalue weighted by molar-refractivity contribution is -0.147. The number of carboxylic acids is 1. The van der Waals surface area contributed by atoms with Crippen LogP contribution in [0.3, 0.4) is 0 Å². The quantitative estimate of drug-likeness (QED) is 0.874. The van der Waals surface area contributed by atoms with Gasteiger partial charge in [-0.3, -0.25) is 4.79 Å². The fourth-order valence-electron chi connectivity index (χ4n) is 2.97. The summed E-state index contributed by atoms with van der Waals surface area (Å²) in [5.74, 6) is -0.350. The minimum Gasteiger partial charge on any atom is -0.481 e. The molecule has 0 saturated carbocycles. The lowest BCUT2D eigenvalue weighted by Gasteiger charge is -2.39. The van der Waals surface area contributed by atoms with E-state index in [2.05, 4.69) is 26.0 Å². The third kappa shape index (κ3) is 1.86. The van der Waals surface area contributed by atoms with Crippen molar-refractivity contribution in [3.05, 3.63) is 41.5 Å². The zero-order valence-electron chi connectivity index (χ0n) is 11.2. The van der Waals surface area contributed by atoms with Crippen molar-refractivity contribution < 1.29 is 9.90 Å². The second-order valence-electron chi connectivity index (χ2n) is 5.41. The molecule has 1 aromatic rings. The van der Waals surface area contributed by atoms with Gasteiger partial charge in [0, 0.05) is 5.92 Å². The molecule has 0 amide bonds. The van der Waals surface area contributed by atoms with Crippen LogP contribution in [-0.2, 0) is 4.79 Å². The van der Waals surface area contributed by atoms with Crippen LogP contribution >= 0.6 is 0 Å². The molecule has 0 unspecified atom stereocenters. The van der Waals surface area contributed by atoms with Crippen LogP contribution in [0.15, 0.2) is 30.3 Å². The molecule has 1 aliphatic carbocycles. The van der Waals surface area contributed by atoms with E-state index in [0.717, 1.165) is 12.0 Å². The molecule has 0 bridgehead atoms. The predicted octanol–water partition coefficient (Wildman–Crippen LogP) is 3.93. The average molecular weight is 244 g/mol. The van der Waals surface area contributed by atoms with Gasteiger partial charge >= 0.3 is 5.97 Å². The van der Waals surface area contributed by atoms with Crippen molar-refractivity contribution in [3.63, 3.8) is 0 Å². The number of aliphatic carboxylic acids is 1. The van der Waals surface area contributed by atoms with Gasteiger partial charge in [-0.2, -0.15) is 0 Å². The summed E-state index contributed by atoms with van der Waals surface area (Å²) < 4.78 is 0. The van der Waals surface area contributed by atoms with Gasteiger partial charge in [-0.05, 0) is 24.0 Å². The summed E-state index contributed by atoms with van der Waals surface area (Å²) in [4.78, 5) is 11.7. The molecule has 3 atom stereocenters. The van der Waals surface area contributed by atoms with Crippen molar-refractivity contribution in [1.29, 1.82) is 0 Å². The summed E-state index contributed by atoms with van der Waals surface area (Å²) in [5, 5.41) is 9.59. The third-order valence-corrected chi connectivity index (χ3v) is 4.26. The smallest absolute Gasteiger partial charge is 0.313 e. The molecule has 0 spiro atoms. The molecule has 18 heavy (non-hydrogen) atoms. The molecule has 2 rings (SSSR count). The first-order chi connectivity index (χ1) is 8.50. The summed E-state index contributed by atoms with van der Waals surface area (Å²) in [6, 6.07) is 8.12. The fourth-order valence-corrected chi connectivity index (χ4v) is 2.97. The van der Waals surface area contributed by atoms with E-state index in [1.165, 1.54) is 5.56 Å². The van der Waals surface area contributed by atoms with E-state index in [-0.39, 0.29) is 5.92 Å². The van der Waals surface area contributed by atoms with Crippen LogP contribution in [0, 0.1) is 11.3 Å². The third-order valence-electron chi connectivity index (χ3n) is 4.26. The second kappa shape index (κ2) is 4.60. The Morgan fingerprint density at radius 3 is 2.72 bits per heavy atom. The van der Waals surface area contributed by atoms with E-state index in [9.17, 15) is 9.90 Å². The van der Waals surface area contributed by atoms with Crippen molar-refractivity contribution in [3.8, 4) is 0 Å². The van der Waals surface area contributed by atoms with Crippen molar-refractivity contribution in [2.24, 2.45) is 11.3 Å². The van der Waals surface area contributed by atoms with Gasteiger partial charge in [0.1, 0.15) is 0 Å². The summed E-state index contributed by atoms with van der Waals surface area (Å²) in [6.45, 7) is 6.09. The van der Waals surface area contributed by atoms with E-state index in [4.69, 9.17) is 0 Å². The molecule has 0 saturated heterocycles. The van der Waals surface area contributed by atoms with E-state index < -0.39 is 11.4 Å². The van der Waals surface area contributed by atoms with Gasteiger partial charge in [0.15, 0.2) is 0 Å². The Morgan fingerprint density at radius 2 is 2.11 bits per heavy atom. The minimum absolute atomic E-state index is 0.0428. The average Bonchev–Trinajstić information content (AvgIpc) is 2.37. The van der Waals surface area contributed by atoms with Crippen LogP contribution in [0.25, 0.3) is 6.08 Å². The van der Waals surface area contributed by atoms with Crippen LogP contribution in [0.4, 0.5) is 0 Å². The zero-order chi connectivity index (χ0) is 13.3. The Labute approximate surface area is 108 Å². The van der Waals surface area contributed by atoms with Gasteiger partial charge in [-0.15, -0.1) is 0 Å². The van der Waals surface area contributed by atoms with Gasteiger partial charge in [-0.1, -0.05) is 56.7 Å². The van der Waals surface area contributed by atoms with E-state index in [1.54, 1.807) is 0 Å². The molecule has 1 aromatic carbocycles. The predicted molar refractivity (Wildman–Crippen MR) is 73.4 cm³/mol. The van der Waals surface area contributed by atoms with Crippen LogP contribution in [0.5, 0.6) is 0 Å². The van der Waals surface area contributed by atoms with Crippen molar-refractivity contribution >= 4 is 12.0 Å². The Balaban J connectivity index is 2.59. The normalized spacial score (nSPS) is 27.6. The number of rotatable bonds is 3. The fraction of sp³-hybridized carbons (Fsp3) is 0.438. The number of carboxylic acid groups (broad SMARTS) is 1. The van der Waals surface area contributed by atoms with E-state index >= 15 is 0 Å². The summed E-state index contributed by atoms with van der Waals surface area (Å²) in [5.41, 5.74) is 1.52. The highest BCUT2D eigenvalue weighted by molar-refractivity contribution is 5.82. The Bertz CT molecular complexity index is 490. The first kappa shape index (κ1) is 12.9. The van der Waals surface area contributed by atoms with Gasteiger partial charge in [-0.25, -0.2) is 0 Å². The Hall–Kier alpha value is -1.57. The van der Waals surface area contributed by atoms with Crippen LogP contribution in [0.1, 0.15) is 44.2 Å². The number of benzene rings is 1. The second-order valence-corrected chi connectivity index (χ2v) is 5.41. The standard InChI is InChI=1S/C16H20O2/c1-4-11(2)14-13-8-6-5-7-12(13)9-10-16(14,3)15(17)18/h5-11,14H,4H2,1-3H3,(H,17,18)/t11-,14+,16-/m0/s1. The maximum absolute atomic E-state index is 11.7. The van der Waals surface area contributed by atoms with Crippen molar-refractivity contribution in [2.75, 3.05) is 0 Å². The van der Waals surface area contributed by atoms with Crippen LogP contribution < -0.4 is 0 Å². The van der Waals surface area contributed by atoms with Gasteiger partial charge in [0.05, 0.1) is 5.41 Å². The molecule has 0 aliphatic heterocycles. The highest BCUT2D eigenvalue weighted by Crippen LogP contribution is 2.48. The van der Waals surface area contributed by atoms with E-state index in [0.29, 0.717) is 5.92 Å². The molecular formula is C16H20O2. The SMILES string of the molecule is CC[C@H](C)[C@@H]1c2ccccc2C=C[C@]1(C)C(=O)O. The molecule has 2 nitrogen and oxygen atoms in total. The van der Waals surface area contributed by atoms with Gasteiger partial charge < -0.3 is 5.11 Å². The Morgan fingerprint density at radius 1 is 1.44 bits per heavy atom. The molecule has 2 heteroatoms. The summed E-state index contributed by atoms with van der Waals surface area (Å²) in [6.07, 6.45) is 4.78. The molecule has 0 radical (unpaired) electrons. The number of carbonyl (C=O) groups is 1. The van der Waals surface area contributed by atoms with Crippen molar-refractivity contribution in [2.45, 2.75) is 33.1 Å². The number of fused-ring (bicyclic) bond motifs is 1. The maximum atomic E-state index is 11.7. The number of hydrogen-bond acceptors (Lipinski definition) is 1. The topological polar surface area (TPSA) is 37.3 Å². The lowest BCUT2D eigenvalue weighted by atomic mass is 9.63. The van der Waals surface area contributed by atoms with Crippen LogP contribution in [0.2, 0.25) is 0 Å². The molecule has 1 aliphatic rings. The molecule has 0 fully saturated rings. The zero-order valence-corrected chi connectivity index (χ0v) is 11.2. The highest BCUT2D eigenvalue weighted by atomic mass is 16.4. The summed E-state index contributed by atoms with van der Waals surface area (Å²) in [7, 11) is 0. The van der Waals surface area contributed by atoms with Gasteiger partial charge in [0.2, 0.25) is 0 Å². The van der Waals surface area contributed by atoms with Gasteiger partial charge in [0.25, 0.3) is 0 Å². The minimum atomic E-state index is -0.802. The van der Waals surface area contributed by atoms with Crippen molar-refractivity contribution in [1.82, 2.24) is 0 Å². The maximum Gasteiger partial charge on any atom is 0.313 e. The largest absolute Gasteiger partial charge is 0.481 e. The molecular weight excluding hydrogens is 224 g/mol. The molecule has 0 heterocycles. The summed E-state index contributed by atoms with van der Waals surface area (Å²) >= 11 is 0. The number of hydrogen-bond donors (Lipinski definition) is 1. The highest BCUT2D eigenvalue weighted by Gasteiger charge is 2.44. The molecule has 0 aromatic heterocycles. The first-order valence-electron chi connectivity index (χ1n) is 6.52.